The van der Waals surface area contributed by atoms with Crippen LogP contribution < -0.4 is 0 Å². The number of ether oxygens (including phenoxy) is 10. The quantitative estimate of drug-likeness (QED) is 0.131. The highest BCUT2D eigenvalue weighted by Crippen LogP contribution is 2.46. The number of hydrogen-bond donors (Lipinski definition) is 5. The number of ketones is 1. The van der Waals surface area contributed by atoms with Crippen molar-refractivity contribution in [1.82, 2.24) is 4.90 Å². The van der Waals surface area contributed by atoms with Gasteiger partial charge in [-0.15, -0.1) is 0 Å². The molecule has 22 atom stereocenters. The molecule has 64 heavy (non-hydrogen) atoms. The van der Waals surface area contributed by atoms with Crippen LogP contribution in [0, 0.1) is 23.7 Å². The summed E-state index contributed by atoms with van der Waals surface area (Å²) in [4.78, 5) is 29.7. The summed E-state index contributed by atoms with van der Waals surface area (Å²) in [5, 5.41) is 54.3. The second kappa shape index (κ2) is 22.6. The molecule has 18 heteroatoms. The molecule has 0 aromatic carbocycles. The minimum absolute atomic E-state index is 0.00210. The molecule has 0 bridgehead atoms. The van der Waals surface area contributed by atoms with Gasteiger partial charge in [-0.3, -0.25) is 9.59 Å². The van der Waals surface area contributed by atoms with Crippen LogP contribution in [0.25, 0.3) is 0 Å². The lowest BCUT2D eigenvalue weighted by molar-refractivity contribution is -0.322. The van der Waals surface area contributed by atoms with E-state index in [9.17, 15) is 35.1 Å². The number of carbonyl (C=O) groups excluding carboxylic acids is 2. The second-order valence-electron chi connectivity index (χ2n) is 19.5. The number of allylic oxidation sites excluding steroid dienone is 1. The highest BCUT2D eigenvalue weighted by Gasteiger charge is 2.58. The van der Waals surface area contributed by atoms with Crippen molar-refractivity contribution in [2.24, 2.45) is 23.7 Å². The van der Waals surface area contributed by atoms with Gasteiger partial charge in [0.15, 0.2) is 24.7 Å². The number of carbonyl (C=O) groups is 2. The third kappa shape index (κ3) is 12.5. The van der Waals surface area contributed by atoms with Crippen LogP contribution in [0.1, 0.15) is 93.9 Å². The molecule has 0 aromatic heterocycles. The third-order valence-electron chi connectivity index (χ3n) is 14.3. The molecule has 0 aromatic rings. The summed E-state index contributed by atoms with van der Waals surface area (Å²) in [5.41, 5.74) is -2.31. The molecule has 5 heterocycles. The lowest BCUT2D eigenvalue weighted by Gasteiger charge is -2.48. The number of fused-ring (bicyclic) bond motifs is 1. The van der Waals surface area contributed by atoms with E-state index in [1.807, 2.05) is 46.7 Å². The third-order valence-corrected chi connectivity index (χ3v) is 14.3. The Bertz CT molecular complexity index is 1530. The minimum Gasteiger partial charge on any atom is -0.462 e. The smallest absolute Gasteiger partial charge is 0.308 e. The van der Waals surface area contributed by atoms with Crippen LogP contribution in [0.15, 0.2) is 12.2 Å². The molecule has 18 nitrogen and oxygen atoms in total. The van der Waals surface area contributed by atoms with E-state index in [-0.39, 0.29) is 44.3 Å². The van der Waals surface area contributed by atoms with Crippen molar-refractivity contribution in [3.05, 3.63) is 12.2 Å². The predicted molar refractivity (Wildman–Crippen MR) is 229 cm³/mol. The molecule has 5 aliphatic heterocycles. The molecular weight excluding hydrogens is 838 g/mol. The van der Waals surface area contributed by atoms with Crippen LogP contribution in [0.5, 0.6) is 0 Å². The summed E-state index contributed by atoms with van der Waals surface area (Å²) in [6.07, 6.45) is -7.47. The Balaban J connectivity index is 1.38. The number of aliphatic hydroxyl groups excluding tert-OH is 4. The number of cyclic esters (lactones) is 1. The van der Waals surface area contributed by atoms with Crippen molar-refractivity contribution in [2.75, 3.05) is 41.5 Å². The van der Waals surface area contributed by atoms with Gasteiger partial charge in [-0.1, -0.05) is 20.8 Å². The van der Waals surface area contributed by atoms with E-state index in [2.05, 4.69) is 0 Å². The second-order valence-corrected chi connectivity index (χ2v) is 19.5. The number of esters is 1. The first-order valence-corrected chi connectivity index (χ1v) is 23.2. The summed E-state index contributed by atoms with van der Waals surface area (Å²) in [5.74, 6) is -2.97. The van der Waals surface area contributed by atoms with Gasteiger partial charge in [0.25, 0.3) is 0 Å². The van der Waals surface area contributed by atoms with Crippen LogP contribution in [-0.4, -0.2) is 193 Å². The minimum atomic E-state index is -1.42. The largest absolute Gasteiger partial charge is 0.462 e. The highest BCUT2D eigenvalue weighted by molar-refractivity contribution is 5.91. The molecule has 0 aliphatic carbocycles. The van der Waals surface area contributed by atoms with Crippen LogP contribution in [-0.2, 0) is 57.0 Å². The molecule has 0 radical (unpaired) electrons. The van der Waals surface area contributed by atoms with E-state index in [0.29, 0.717) is 19.3 Å². The molecule has 5 N–H and O–H groups in total. The fraction of sp³-hybridized carbons (Fsp3) is 0.913. The number of likely N-dealkylation sites (N-methyl/N-ethyl adjacent to an activating group) is 1. The first kappa shape index (κ1) is 53.2. The van der Waals surface area contributed by atoms with Gasteiger partial charge >= 0.3 is 5.97 Å². The Kier molecular flexibility index (Phi) is 18.8. The SMILES string of the molecule is CC[C@H]1OC(=O)C[C@@H](O)[C@H](C)[C@@H](OC2CC(N(C)C)C(OC3CC(C)(O)C(O)C(C)O3)C(C)O2)[C@@H](CCO)C[C@@H](C)C(=O)/C=C/[C@@]2(C)O[C@@H]2C1COC1OC(C)C(O)C(OC)C1OC. The van der Waals surface area contributed by atoms with E-state index in [0.717, 1.165) is 0 Å². The van der Waals surface area contributed by atoms with E-state index in [4.69, 9.17) is 47.4 Å². The number of rotatable bonds is 13. The molecule has 5 rings (SSSR count). The van der Waals surface area contributed by atoms with E-state index >= 15 is 0 Å². The first-order valence-electron chi connectivity index (χ1n) is 23.2. The predicted octanol–water partition coefficient (Wildman–Crippen LogP) is 1.87. The maximum atomic E-state index is 13.9. The lowest BCUT2D eigenvalue weighted by Crippen LogP contribution is -2.60. The van der Waals surface area contributed by atoms with Crippen molar-refractivity contribution in [2.45, 2.75) is 203 Å². The number of nitrogens with zero attached hydrogens (tertiary/aromatic N) is 1. The molecule has 5 aliphatic rings. The Morgan fingerprint density at radius 2 is 1.52 bits per heavy atom. The van der Waals surface area contributed by atoms with Crippen molar-refractivity contribution in [3.8, 4) is 0 Å². The van der Waals surface area contributed by atoms with Crippen LogP contribution in [0.3, 0.4) is 0 Å². The number of hydrogen-bond acceptors (Lipinski definition) is 18. The summed E-state index contributed by atoms with van der Waals surface area (Å²) in [6, 6.07) is -0.257. The average Bonchev–Trinajstić information content (AvgIpc) is 3.91. The van der Waals surface area contributed by atoms with Crippen molar-refractivity contribution in [3.63, 3.8) is 0 Å². The molecule has 370 valence electrons. The van der Waals surface area contributed by atoms with Gasteiger partial charge in [-0.25, -0.2) is 0 Å². The average molecular weight is 918 g/mol. The van der Waals surface area contributed by atoms with Gasteiger partial charge in [0.05, 0.1) is 55.3 Å². The van der Waals surface area contributed by atoms with Gasteiger partial charge < -0.3 is 77.8 Å². The zero-order valence-corrected chi connectivity index (χ0v) is 39.9. The Morgan fingerprint density at radius 3 is 2.12 bits per heavy atom. The van der Waals surface area contributed by atoms with Gasteiger partial charge in [-0.2, -0.15) is 0 Å². The number of aliphatic hydroxyl groups is 5. The van der Waals surface area contributed by atoms with Gasteiger partial charge in [0.1, 0.15) is 42.2 Å². The van der Waals surface area contributed by atoms with Crippen LogP contribution in [0.2, 0.25) is 0 Å². The Morgan fingerprint density at radius 1 is 0.859 bits per heavy atom. The molecule has 4 fully saturated rings. The van der Waals surface area contributed by atoms with Gasteiger partial charge in [-0.05, 0) is 86.0 Å². The van der Waals surface area contributed by atoms with Crippen LogP contribution >= 0.6 is 0 Å². The molecule has 14 unspecified atom stereocenters. The van der Waals surface area contributed by atoms with Crippen molar-refractivity contribution in [1.29, 1.82) is 0 Å². The van der Waals surface area contributed by atoms with Crippen molar-refractivity contribution < 1.29 is 82.5 Å². The van der Waals surface area contributed by atoms with E-state index in [1.165, 1.54) is 20.3 Å². The van der Waals surface area contributed by atoms with Crippen molar-refractivity contribution >= 4 is 11.8 Å². The molecular formula is C46H79NO17. The molecule has 0 saturated carbocycles. The zero-order chi connectivity index (χ0) is 47.4. The number of epoxide rings is 1. The fourth-order valence-corrected chi connectivity index (χ4v) is 10.2. The van der Waals surface area contributed by atoms with E-state index in [1.54, 1.807) is 33.8 Å². The zero-order valence-electron chi connectivity index (χ0n) is 39.9. The summed E-state index contributed by atoms with van der Waals surface area (Å²) in [7, 11) is 6.78. The summed E-state index contributed by atoms with van der Waals surface area (Å²) < 4.78 is 61.8. The maximum absolute atomic E-state index is 13.9. The lowest BCUT2D eigenvalue weighted by atomic mass is 9.79. The summed E-state index contributed by atoms with van der Waals surface area (Å²) >= 11 is 0. The fourth-order valence-electron chi connectivity index (χ4n) is 10.2. The molecule has 0 spiro atoms. The summed E-state index contributed by atoms with van der Waals surface area (Å²) in [6.45, 7) is 13.9. The Labute approximate surface area is 379 Å². The van der Waals surface area contributed by atoms with E-state index < -0.39 is 133 Å². The van der Waals surface area contributed by atoms with Gasteiger partial charge in [0.2, 0.25) is 0 Å². The Hall–Kier alpha value is -1.72. The topological polar surface area (TPSA) is 234 Å². The number of methoxy groups -OCH3 is 2. The molecule has 4 saturated heterocycles. The standard InChI is InChI=1S/C46H79NO17/c1-13-33-29(22-57-44-41(56-12)40(55-11)37(52)25(4)60-44)43-46(8,64-43)16-14-31(49)23(2)18-28(15-17-48)38(24(3)32(50)20-34(51)61-33)62-35-19-30(47(9)10)39(26(5)58-35)63-36-21-45(7,54)42(53)27(6)59-36/h14,16,23-30,32-33,35-44,48,50,52-54H,13,15,17-22H2,1-12H3/b16-14+/t23-,24+,25?,26?,27?,28+,29?,30?,32-,33-,35?,36?,37?,38-,39?,40?,41?,42?,43-,44?,45?,46-/m1/s1. The maximum Gasteiger partial charge on any atom is 0.308 e. The monoisotopic (exact) mass is 918 g/mol. The molecule has 0 amide bonds. The normalized spacial score (nSPS) is 48.1. The van der Waals surface area contributed by atoms with Crippen LogP contribution in [0.4, 0.5) is 0 Å². The highest BCUT2D eigenvalue weighted by atomic mass is 16.7. The van der Waals surface area contributed by atoms with Gasteiger partial charge in [0, 0.05) is 57.5 Å². The first-order chi connectivity index (χ1) is 30.1.